The van der Waals surface area contributed by atoms with Crippen molar-refractivity contribution in [3.05, 3.63) is 4.94 Å². The summed E-state index contributed by atoms with van der Waals surface area (Å²) < 4.78 is 0. The van der Waals surface area contributed by atoms with Gasteiger partial charge in [-0.2, -0.15) is 0 Å². The van der Waals surface area contributed by atoms with Crippen molar-refractivity contribution in [3.8, 4) is 0 Å². The van der Waals surface area contributed by atoms with Crippen molar-refractivity contribution < 1.29 is 4.79 Å². The molecule has 0 aromatic rings. The molecule has 0 heterocycles. The van der Waals surface area contributed by atoms with Crippen LogP contribution in [0.1, 0.15) is 27.7 Å². The van der Waals surface area contributed by atoms with Gasteiger partial charge in [0, 0.05) is 4.94 Å². The normalized spacial score (nSPS) is 12.4. The third-order valence-corrected chi connectivity index (χ3v) is 9.32. The first-order chi connectivity index (χ1) is 6.21. The number of hydrogen-bond donors (Lipinski definition) is 0. The molecule has 0 aliphatic rings. The Morgan fingerprint density at radius 1 is 1.07 bits per heavy atom. The van der Waals surface area contributed by atoms with Crippen LogP contribution in [0.3, 0.4) is 0 Å². The van der Waals surface area contributed by atoms with Crippen LogP contribution in [0, 0.1) is 0 Å². The second-order valence-corrected chi connectivity index (χ2v) is 14.0. The predicted octanol–water partition coefficient (Wildman–Crippen LogP) is 3.88. The lowest BCUT2D eigenvalue weighted by Crippen LogP contribution is -2.27. The van der Waals surface area contributed by atoms with Crippen LogP contribution in [0.25, 0.3) is 0 Å². The van der Waals surface area contributed by atoms with E-state index in [1.807, 2.05) is 0 Å². The standard InChI is InChI=1S/C11H23OPSi/c1-9(2)13(10(3)4)11(8-12)14(5,6)7/h9-10H,1-7H3. The van der Waals surface area contributed by atoms with E-state index in [0.29, 0.717) is 11.3 Å². The largest absolute Gasteiger partial charge is 0.234 e. The molecule has 0 N–H and O–H groups in total. The van der Waals surface area contributed by atoms with E-state index in [2.05, 4.69) is 53.3 Å². The van der Waals surface area contributed by atoms with Gasteiger partial charge < -0.3 is 0 Å². The van der Waals surface area contributed by atoms with Crippen LogP contribution < -0.4 is 0 Å². The third kappa shape index (κ3) is 3.69. The molecule has 0 bridgehead atoms. The highest BCUT2D eigenvalue weighted by atomic mass is 31.1. The molecular weight excluding hydrogens is 207 g/mol. The van der Waals surface area contributed by atoms with E-state index in [4.69, 9.17) is 0 Å². The fourth-order valence-electron chi connectivity index (χ4n) is 1.71. The van der Waals surface area contributed by atoms with Crippen LogP contribution in [-0.4, -0.2) is 25.3 Å². The van der Waals surface area contributed by atoms with Crippen LogP contribution in [0.4, 0.5) is 0 Å². The zero-order valence-electron chi connectivity index (χ0n) is 10.5. The Balaban J connectivity index is 5.10. The van der Waals surface area contributed by atoms with E-state index < -0.39 is 8.07 Å². The first-order valence-electron chi connectivity index (χ1n) is 5.25. The minimum Gasteiger partial charge on any atom is -0.234 e. The van der Waals surface area contributed by atoms with E-state index in [-0.39, 0.29) is 7.92 Å². The van der Waals surface area contributed by atoms with Crippen molar-refractivity contribution in [1.82, 2.24) is 0 Å². The summed E-state index contributed by atoms with van der Waals surface area (Å²) in [7, 11) is -1.73. The minimum absolute atomic E-state index is 0.275. The lowest BCUT2D eigenvalue weighted by atomic mass is 10.5. The third-order valence-electron chi connectivity index (χ3n) is 2.18. The molecule has 0 fully saturated rings. The highest BCUT2D eigenvalue weighted by molar-refractivity contribution is 7.67. The second-order valence-electron chi connectivity index (χ2n) is 5.30. The van der Waals surface area contributed by atoms with Gasteiger partial charge in [-0.3, -0.25) is 0 Å². The van der Waals surface area contributed by atoms with Gasteiger partial charge in [0.2, 0.25) is 0 Å². The molecule has 0 aliphatic heterocycles. The van der Waals surface area contributed by atoms with Crippen molar-refractivity contribution in [2.45, 2.75) is 58.7 Å². The molecule has 82 valence electrons. The van der Waals surface area contributed by atoms with Gasteiger partial charge in [0.25, 0.3) is 0 Å². The zero-order valence-corrected chi connectivity index (χ0v) is 12.4. The maximum absolute atomic E-state index is 11.1. The lowest BCUT2D eigenvalue weighted by Gasteiger charge is -2.32. The Morgan fingerprint density at radius 3 is 1.50 bits per heavy atom. The Morgan fingerprint density at radius 2 is 1.43 bits per heavy atom. The summed E-state index contributed by atoms with van der Waals surface area (Å²) in [5.74, 6) is 2.26. The van der Waals surface area contributed by atoms with E-state index >= 15 is 0 Å². The molecule has 0 spiro atoms. The first-order valence-corrected chi connectivity index (χ1v) is 10.2. The zero-order chi connectivity index (χ0) is 11.5. The lowest BCUT2D eigenvalue weighted by molar-refractivity contribution is 0.569. The maximum Gasteiger partial charge on any atom is 0.123 e. The van der Waals surface area contributed by atoms with Crippen LogP contribution in [0.5, 0.6) is 0 Å². The van der Waals surface area contributed by atoms with Gasteiger partial charge in [0.1, 0.15) is 5.94 Å². The van der Waals surface area contributed by atoms with Crippen LogP contribution >= 0.6 is 7.92 Å². The number of hydrogen-bond acceptors (Lipinski definition) is 1. The summed E-state index contributed by atoms with van der Waals surface area (Å²) >= 11 is 0. The first kappa shape index (κ1) is 14.1. The average molecular weight is 230 g/mol. The highest BCUT2D eigenvalue weighted by Gasteiger charge is 2.31. The molecule has 0 aromatic heterocycles. The monoisotopic (exact) mass is 230 g/mol. The quantitative estimate of drug-likeness (QED) is 0.407. The van der Waals surface area contributed by atoms with E-state index in [0.717, 1.165) is 4.94 Å². The van der Waals surface area contributed by atoms with Gasteiger partial charge in [-0.05, 0) is 11.3 Å². The van der Waals surface area contributed by atoms with Crippen molar-refractivity contribution in [1.29, 1.82) is 0 Å². The van der Waals surface area contributed by atoms with Crippen LogP contribution in [0.2, 0.25) is 19.6 Å². The second kappa shape index (κ2) is 5.26. The topological polar surface area (TPSA) is 17.1 Å². The minimum atomic E-state index is -1.45. The molecular formula is C11H23OPSi. The van der Waals surface area contributed by atoms with Crippen molar-refractivity contribution >= 4 is 21.9 Å². The molecule has 0 amide bonds. The Bertz CT molecular complexity index is 226. The molecule has 3 heteroatoms. The fraction of sp³-hybridized carbons (Fsp3) is 0.818. The van der Waals surface area contributed by atoms with E-state index in [1.165, 1.54) is 0 Å². The van der Waals surface area contributed by atoms with Crippen molar-refractivity contribution in [2.75, 3.05) is 0 Å². The molecule has 0 saturated carbocycles. The summed E-state index contributed by atoms with van der Waals surface area (Å²) in [6.45, 7) is 15.6. The van der Waals surface area contributed by atoms with Gasteiger partial charge >= 0.3 is 0 Å². The fourth-order valence-corrected chi connectivity index (χ4v) is 8.99. The van der Waals surface area contributed by atoms with Crippen LogP contribution in [0.15, 0.2) is 4.94 Å². The highest BCUT2D eigenvalue weighted by Crippen LogP contribution is 2.55. The smallest absolute Gasteiger partial charge is 0.123 e. The summed E-state index contributed by atoms with van der Waals surface area (Å²) in [5, 5.41) is 0. The summed E-state index contributed by atoms with van der Waals surface area (Å²) in [4.78, 5) is 12.2. The Labute approximate surface area is 90.7 Å². The maximum atomic E-state index is 11.1. The van der Waals surface area contributed by atoms with Gasteiger partial charge in [0.15, 0.2) is 0 Å². The SMILES string of the molecule is CC(C)P(C(=C=O)[Si](C)(C)C)C(C)C. The van der Waals surface area contributed by atoms with E-state index in [9.17, 15) is 4.79 Å². The predicted molar refractivity (Wildman–Crippen MR) is 69.7 cm³/mol. The van der Waals surface area contributed by atoms with E-state index in [1.54, 1.807) is 0 Å². The number of rotatable bonds is 4. The van der Waals surface area contributed by atoms with Crippen molar-refractivity contribution in [3.63, 3.8) is 0 Å². The van der Waals surface area contributed by atoms with Gasteiger partial charge in [0.05, 0.1) is 8.07 Å². The molecule has 0 atom stereocenters. The molecule has 14 heavy (non-hydrogen) atoms. The molecule has 0 aromatic carbocycles. The summed E-state index contributed by atoms with van der Waals surface area (Å²) in [6, 6.07) is 0. The summed E-state index contributed by atoms with van der Waals surface area (Å²) in [5.41, 5.74) is 1.21. The molecule has 0 rings (SSSR count). The number of carbonyl (C=O) groups excluding carboxylic acids is 1. The Kier molecular flexibility index (Phi) is 5.29. The van der Waals surface area contributed by atoms with Gasteiger partial charge in [-0.25, -0.2) is 4.79 Å². The Hall–Kier alpha value is 0.0969. The van der Waals surface area contributed by atoms with Crippen LogP contribution in [-0.2, 0) is 4.79 Å². The van der Waals surface area contributed by atoms with Gasteiger partial charge in [-0.15, -0.1) is 0 Å². The molecule has 0 saturated heterocycles. The van der Waals surface area contributed by atoms with Gasteiger partial charge in [-0.1, -0.05) is 55.3 Å². The average Bonchev–Trinajstić information content (AvgIpc) is 1.95. The molecule has 1 nitrogen and oxygen atoms in total. The van der Waals surface area contributed by atoms with Crippen molar-refractivity contribution in [2.24, 2.45) is 0 Å². The summed E-state index contributed by atoms with van der Waals surface area (Å²) in [6.07, 6.45) is 0. The molecule has 0 unspecified atom stereocenters. The molecule has 0 aliphatic carbocycles. The molecule has 0 radical (unpaired) electrons.